The summed E-state index contributed by atoms with van der Waals surface area (Å²) in [5.74, 6) is 11.3. The SMILES string of the molecule is CCN[C@H]1CO[C@@H](O[C@H]2[C@H](O[C@H]3C#C/C=C\C#C[C@]4(O)CC(=O)C(CC(=O)OC)=C3/C4=C/CCSC(C)(C)CC(=O)N/N=C(/C)c3ccc(OCCCC(=O)C(C)C)cc3)O[C@H](C)[C@@H](NO[C@H]3C[C@H](O)[C@H](SC(=O)c4c(C)c(I)c(O[C@@H]5O[C@@H](C)[C@H](O)[C@@H](OC)[C@H]5O)c(OC)c4OC)[C@@H](C)O3)[C@@H]2O)C[C@@H]1OC. The van der Waals surface area contributed by atoms with E-state index in [1.165, 1.54) is 52.4 Å². The maximum absolute atomic E-state index is 14.6. The Bertz CT molecular complexity index is 3690. The number of esters is 1. The molecule has 0 aromatic heterocycles. The number of ketones is 2. The molecule has 28 nitrogen and oxygen atoms in total. The molecule has 31 heteroatoms. The predicted molar refractivity (Wildman–Crippen MR) is 404 cm³/mol. The van der Waals surface area contributed by atoms with Crippen molar-refractivity contribution >= 4 is 80.4 Å². The number of Topliss-reactive ketones (excluding diaryl/α,β-unsaturated/α-hetero) is 2. The fourth-order valence-electron chi connectivity index (χ4n) is 13.2. The summed E-state index contributed by atoms with van der Waals surface area (Å²) in [6.07, 6.45) is -12.6. The Balaban J connectivity index is 0.990. The predicted octanol–water partition coefficient (Wildman–Crippen LogP) is 6.00. The van der Waals surface area contributed by atoms with Crippen molar-refractivity contribution in [2.24, 2.45) is 11.0 Å². The van der Waals surface area contributed by atoms with E-state index in [1.54, 1.807) is 47.8 Å². The van der Waals surface area contributed by atoms with Crippen LogP contribution in [0.1, 0.15) is 135 Å². The van der Waals surface area contributed by atoms with Gasteiger partial charge in [0.15, 0.2) is 41.8 Å². The van der Waals surface area contributed by atoms with Crippen LogP contribution in [0.3, 0.4) is 0 Å². The molecule has 4 saturated heterocycles. The summed E-state index contributed by atoms with van der Waals surface area (Å²) < 4.78 is 78.6. The van der Waals surface area contributed by atoms with Gasteiger partial charge in [-0.3, -0.25) is 28.8 Å². The first kappa shape index (κ1) is 87.0. The number of fused-ring (bicyclic) bond motifs is 2. The number of hydrogen-bond donors (Lipinski definition) is 8. The Morgan fingerprint density at radius 1 is 0.869 bits per heavy atom. The lowest BCUT2D eigenvalue weighted by molar-refractivity contribution is -0.336. The minimum atomic E-state index is -2.15. The zero-order valence-electron chi connectivity index (χ0n) is 63.1. The lowest BCUT2D eigenvalue weighted by atomic mass is 9.72. The lowest BCUT2D eigenvalue weighted by Gasteiger charge is -2.46. The second-order valence-electron chi connectivity index (χ2n) is 27.7. The average molecular weight is 1650 g/mol. The first-order valence-electron chi connectivity index (χ1n) is 35.7. The molecule has 0 saturated carbocycles. The second-order valence-corrected chi connectivity index (χ2v) is 31.7. The van der Waals surface area contributed by atoms with Gasteiger partial charge in [-0.2, -0.15) is 22.3 Å². The van der Waals surface area contributed by atoms with E-state index in [4.69, 9.17) is 66.4 Å². The van der Waals surface area contributed by atoms with Crippen molar-refractivity contribution in [2.75, 3.05) is 61.1 Å². The summed E-state index contributed by atoms with van der Waals surface area (Å²) in [7, 11) is 6.81. The van der Waals surface area contributed by atoms with Gasteiger partial charge in [0.25, 0.3) is 0 Å². The number of nitrogens with one attached hydrogen (secondary N) is 3. The fourth-order valence-corrected chi connectivity index (χ4v) is 16.0. The molecule has 4 heterocycles. The quantitative estimate of drug-likeness (QED) is 0.0101. The molecule has 2 bridgehead atoms. The Labute approximate surface area is 647 Å². The van der Waals surface area contributed by atoms with Crippen LogP contribution in [0.15, 0.2) is 64.3 Å². The largest absolute Gasteiger partial charge is 0.494 e. The third-order valence-electron chi connectivity index (χ3n) is 19.2. The molecular weight excluding hydrogens is 1540 g/mol. The number of likely N-dealkylation sites (N-methyl/N-ethyl adjacent to an activating group) is 1. The molecule has 2 aromatic rings. The number of hydrogen-bond acceptors (Lipinski definition) is 29. The van der Waals surface area contributed by atoms with Crippen molar-refractivity contribution in [3.05, 3.63) is 79.5 Å². The third kappa shape index (κ3) is 22.2. The molecule has 0 spiro atoms. The molecule has 1 amide bonds. The number of carbonyl (C=O) groups is 5. The second kappa shape index (κ2) is 40.0. The van der Waals surface area contributed by atoms with Crippen molar-refractivity contribution < 1.29 is 116 Å². The van der Waals surface area contributed by atoms with Gasteiger partial charge in [-0.15, -0.1) is 0 Å². The molecule has 590 valence electrons. The standard InChI is InChI=1S/C76H103IN4O24S2/c1-16-78-49-38-98-57(35-54(49)92-11)103-69-64(88)62(81-105-58-34-51(83)71(44(8)99-58)107-72(90)59-40(4)61(77)67(70(96-15)66(59)94-13)104-73-65(89)68(95-14)63(87)43(7)101-73)42(6)100-74(69)102-53-25-19-17-18-20-30-76(91)36-52(84)47(33-56(86)93-12)60(53)48(76)23-22-32-106-75(9,10)37-55(85)80-79-41(5)45-26-28-46(29-27-45)97-31-21-24-50(82)39(2)3/h17-18,23,26-29,39,42-44,49,51,53-54,57-58,62-65,68-69,71,73-74,78,81,83,87-89,91H,16,21-22,24,31-38H2,1-15H3,(H,80,85)/b18-17-,48-23-,79-41-/t42-,43+,44-,49+,51+,53+,54+,57+,58+,62-,63+,64+,65-,68-,69-,71-,73+,74+,76+/m1/s1. The number of carbonyl (C=O) groups excluding carboxylic acids is 5. The molecule has 0 radical (unpaired) electrons. The third-order valence-corrected chi connectivity index (χ3v) is 23.2. The molecule has 6 aliphatic rings. The molecule has 4 aliphatic heterocycles. The van der Waals surface area contributed by atoms with E-state index in [-0.39, 0.29) is 95.5 Å². The van der Waals surface area contributed by atoms with E-state index in [0.29, 0.717) is 52.3 Å². The van der Waals surface area contributed by atoms with Crippen LogP contribution < -0.4 is 35.2 Å². The monoisotopic (exact) mass is 1650 g/mol. The summed E-state index contributed by atoms with van der Waals surface area (Å²) in [6.45, 7) is 19.1. The fraction of sp³-hybridized carbons (Fsp3) is 0.632. The number of amides is 1. The van der Waals surface area contributed by atoms with Crippen molar-refractivity contribution in [1.82, 2.24) is 16.2 Å². The lowest BCUT2D eigenvalue weighted by Crippen LogP contribution is -2.65. The van der Waals surface area contributed by atoms with Crippen LogP contribution in [0.2, 0.25) is 0 Å². The molecule has 4 fully saturated rings. The minimum absolute atomic E-state index is 0.0130. The molecule has 19 atom stereocenters. The summed E-state index contributed by atoms with van der Waals surface area (Å²) in [6, 6.07) is 5.94. The highest BCUT2D eigenvalue weighted by Gasteiger charge is 2.52. The smallest absolute Gasteiger partial charge is 0.310 e. The Hall–Kier alpha value is -5.61. The topological polar surface area (TPSA) is 364 Å². The normalized spacial score (nSPS) is 31.0. The summed E-state index contributed by atoms with van der Waals surface area (Å²) in [4.78, 5) is 74.1. The number of thioether (sulfide) groups is 2. The maximum atomic E-state index is 14.6. The van der Waals surface area contributed by atoms with Crippen LogP contribution in [0.5, 0.6) is 23.0 Å². The number of rotatable bonds is 33. The van der Waals surface area contributed by atoms with Gasteiger partial charge >= 0.3 is 5.97 Å². The minimum Gasteiger partial charge on any atom is -0.494 e. The molecular formula is C76H103IN4O24S2. The molecule has 0 unspecified atom stereocenters. The van der Waals surface area contributed by atoms with Crippen molar-refractivity contribution in [2.45, 2.75) is 241 Å². The van der Waals surface area contributed by atoms with Gasteiger partial charge < -0.3 is 92.4 Å². The van der Waals surface area contributed by atoms with E-state index < -0.39 is 144 Å². The van der Waals surface area contributed by atoms with E-state index in [1.807, 2.05) is 81.5 Å². The summed E-state index contributed by atoms with van der Waals surface area (Å²) >= 11 is 4.29. The van der Waals surface area contributed by atoms with Crippen LogP contribution in [0, 0.1) is 40.1 Å². The number of benzene rings is 2. The van der Waals surface area contributed by atoms with Crippen molar-refractivity contribution in [1.29, 1.82) is 0 Å². The van der Waals surface area contributed by atoms with Crippen LogP contribution in [0.25, 0.3) is 0 Å². The van der Waals surface area contributed by atoms with Gasteiger partial charge in [0, 0.05) is 61.7 Å². The average Bonchev–Trinajstić information content (AvgIpc) is 0.754. The number of hydrazone groups is 1. The number of aliphatic hydroxyl groups is 5. The van der Waals surface area contributed by atoms with Gasteiger partial charge in [0.2, 0.25) is 23.1 Å². The first-order valence-corrected chi connectivity index (χ1v) is 38.7. The number of allylic oxidation sites excluding steroid dienone is 3. The van der Waals surface area contributed by atoms with Crippen LogP contribution in [-0.4, -0.2) is 241 Å². The van der Waals surface area contributed by atoms with Crippen molar-refractivity contribution in [3.8, 4) is 46.7 Å². The Kier molecular flexibility index (Phi) is 32.5. The molecule has 8 N–H and O–H groups in total. The van der Waals surface area contributed by atoms with Gasteiger partial charge in [-0.25, -0.2) is 5.43 Å². The first-order chi connectivity index (χ1) is 50.9. The summed E-state index contributed by atoms with van der Waals surface area (Å²) in [5.41, 5.74) is 5.41. The van der Waals surface area contributed by atoms with Crippen LogP contribution in [0.4, 0.5) is 0 Å². The van der Waals surface area contributed by atoms with Crippen LogP contribution in [-0.2, 0) is 66.6 Å². The van der Waals surface area contributed by atoms with Crippen molar-refractivity contribution in [3.63, 3.8) is 0 Å². The maximum Gasteiger partial charge on any atom is 0.310 e. The molecule has 2 aliphatic carbocycles. The zero-order chi connectivity index (χ0) is 78.2. The van der Waals surface area contributed by atoms with E-state index in [9.17, 15) is 49.5 Å². The number of methoxy groups -OCH3 is 5. The Morgan fingerprint density at radius 3 is 2.24 bits per heavy atom. The molecule has 2 aromatic carbocycles. The molecule has 8 rings (SSSR count). The summed E-state index contributed by atoms with van der Waals surface area (Å²) in [5, 5.41) is 65.4. The highest BCUT2D eigenvalue weighted by Crippen LogP contribution is 2.49. The number of ether oxygens (including phenoxy) is 13. The highest BCUT2D eigenvalue weighted by molar-refractivity contribution is 14.1. The van der Waals surface area contributed by atoms with E-state index >= 15 is 0 Å². The number of hydroxylamine groups is 1. The zero-order valence-corrected chi connectivity index (χ0v) is 66.9. The van der Waals surface area contributed by atoms with Gasteiger partial charge in [0.1, 0.15) is 48.2 Å². The number of nitrogens with zero attached hydrogens (tertiary/aromatic N) is 1. The van der Waals surface area contributed by atoms with Gasteiger partial charge in [-0.05, 0) is 135 Å². The molecule has 107 heavy (non-hydrogen) atoms. The number of aliphatic hydroxyl groups excluding tert-OH is 4. The van der Waals surface area contributed by atoms with Gasteiger partial charge in [0.05, 0.1) is 110 Å². The number of halogens is 1. The highest BCUT2D eigenvalue weighted by atomic mass is 127. The Morgan fingerprint density at radius 2 is 1.58 bits per heavy atom. The van der Waals surface area contributed by atoms with E-state index in [2.05, 4.69) is 45.0 Å². The van der Waals surface area contributed by atoms with Gasteiger partial charge in [-0.1, -0.05) is 76.1 Å². The van der Waals surface area contributed by atoms with Crippen LogP contribution >= 0.6 is 46.1 Å². The van der Waals surface area contributed by atoms with E-state index in [0.717, 1.165) is 17.3 Å².